The first kappa shape index (κ1) is 20.4. The molecule has 0 aliphatic rings. The van der Waals surface area contributed by atoms with Gasteiger partial charge in [-0.05, 0) is 23.8 Å². The van der Waals surface area contributed by atoms with E-state index in [1.165, 1.54) is 31.4 Å². The highest BCUT2D eigenvalue weighted by molar-refractivity contribution is 7.91. The molecule has 0 saturated carbocycles. The first-order chi connectivity index (χ1) is 12.7. The highest BCUT2D eigenvalue weighted by Crippen LogP contribution is 2.22. The van der Waals surface area contributed by atoms with Gasteiger partial charge in [-0.3, -0.25) is 4.79 Å². The van der Waals surface area contributed by atoms with Crippen LogP contribution in [-0.4, -0.2) is 38.3 Å². The minimum atomic E-state index is -3.93. The lowest BCUT2D eigenvalue weighted by atomic mass is 10.1. The van der Waals surface area contributed by atoms with E-state index in [1.54, 1.807) is 18.2 Å². The summed E-state index contributed by atoms with van der Waals surface area (Å²) in [6.07, 6.45) is -0.466. The van der Waals surface area contributed by atoms with Crippen LogP contribution in [0.1, 0.15) is 18.0 Å². The second kappa shape index (κ2) is 8.63. The highest BCUT2D eigenvalue weighted by Gasteiger charge is 2.24. The minimum Gasteiger partial charge on any atom is -0.494 e. The van der Waals surface area contributed by atoms with Crippen molar-refractivity contribution in [3.63, 3.8) is 0 Å². The molecule has 0 saturated heterocycles. The van der Waals surface area contributed by atoms with Crippen molar-refractivity contribution in [1.29, 1.82) is 0 Å². The predicted octanol–water partition coefficient (Wildman–Crippen LogP) is 1.94. The third-order valence-electron chi connectivity index (χ3n) is 3.77. The Bertz CT molecular complexity index is 930. The first-order valence-corrected chi connectivity index (χ1v) is 9.53. The number of methoxy groups -OCH3 is 1. The molecule has 144 valence electrons. The van der Waals surface area contributed by atoms with Crippen molar-refractivity contribution in [1.82, 2.24) is 5.32 Å². The summed E-state index contributed by atoms with van der Waals surface area (Å²) >= 11 is 0. The average molecular weight is 395 g/mol. The molecule has 0 radical (unpaired) electrons. The Morgan fingerprint density at radius 3 is 2.41 bits per heavy atom. The third kappa shape index (κ3) is 5.27. The Hall–Kier alpha value is -2.94. The van der Waals surface area contributed by atoms with Gasteiger partial charge in [0.1, 0.15) is 0 Å². The van der Waals surface area contributed by atoms with Gasteiger partial charge in [0.05, 0.1) is 17.8 Å². The number of sulfone groups is 1. The molecule has 2 aromatic rings. The summed E-state index contributed by atoms with van der Waals surface area (Å²) in [4.78, 5) is 23.1. The summed E-state index contributed by atoms with van der Waals surface area (Å²) in [6.45, 7) is 0. The number of amides is 1. The van der Waals surface area contributed by atoms with Crippen LogP contribution >= 0.6 is 0 Å². The van der Waals surface area contributed by atoms with Crippen LogP contribution in [0.4, 0.5) is 4.39 Å². The Balaban J connectivity index is 2.05. The number of carboxylic acid groups (broad SMARTS) is 1. The van der Waals surface area contributed by atoms with Gasteiger partial charge in [-0.2, -0.15) is 0 Å². The zero-order chi connectivity index (χ0) is 20.0. The van der Waals surface area contributed by atoms with Gasteiger partial charge in [0.25, 0.3) is 0 Å². The van der Waals surface area contributed by atoms with Crippen LogP contribution in [0.5, 0.6) is 5.75 Å². The molecule has 7 nitrogen and oxygen atoms in total. The molecule has 0 spiro atoms. The topological polar surface area (TPSA) is 110 Å². The van der Waals surface area contributed by atoms with Gasteiger partial charge < -0.3 is 15.2 Å². The third-order valence-corrected chi connectivity index (χ3v) is 5.48. The molecule has 0 aliphatic heterocycles. The van der Waals surface area contributed by atoms with E-state index in [2.05, 4.69) is 5.32 Å². The lowest BCUT2D eigenvalue weighted by Gasteiger charge is -2.15. The van der Waals surface area contributed by atoms with E-state index >= 15 is 0 Å². The number of carbonyl (C=O) groups excluding carboxylic acids is 1. The maximum absolute atomic E-state index is 13.7. The molecule has 0 aromatic heterocycles. The van der Waals surface area contributed by atoms with Crippen LogP contribution in [0.3, 0.4) is 0 Å². The number of aliphatic carboxylic acids is 1. The Kier molecular flexibility index (Phi) is 6.51. The summed E-state index contributed by atoms with van der Waals surface area (Å²) in [7, 11) is -2.67. The summed E-state index contributed by atoms with van der Waals surface area (Å²) in [5.74, 6) is -3.54. The molecule has 2 rings (SSSR count). The van der Waals surface area contributed by atoms with Crippen LogP contribution in [0.15, 0.2) is 53.4 Å². The monoisotopic (exact) mass is 395 g/mol. The maximum atomic E-state index is 13.7. The fourth-order valence-corrected chi connectivity index (χ4v) is 3.60. The largest absolute Gasteiger partial charge is 0.494 e. The number of rotatable bonds is 8. The molecular weight excluding hydrogens is 377 g/mol. The number of hydrogen-bond donors (Lipinski definition) is 2. The Morgan fingerprint density at radius 1 is 1.19 bits per heavy atom. The number of hydrogen-bond acceptors (Lipinski definition) is 5. The van der Waals surface area contributed by atoms with Gasteiger partial charge in [0, 0.05) is 6.42 Å². The van der Waals surface area contributed by atoms with E-state index in [-0.39, 0.29) is 10.6 Å². The smallest absolute Gasteiger partial charge is 0.330 e. The summed E-state index contributed by atoms with van der Waals surface area (Å²) in [6, 6.07) is 9.91. The molecule has 1 unspecified atom stereocenters. The SMILES string of the molecule is COc1ccc(S(=O)(=O)CCC(=O)NC(C(=O)O)c2ccccc2)cc1F. The number of nitrogens with one attached hydrogen (secondary N) is 1. The number of benzene rings is 2. The maximum Gasteiger partial charge on any atom is 0.330 e. The lowest BCUT2D eigenvalue weighted by Crippen LogP contribution is -2.34. The number of halogens is 1. The molecular formula is C18H18FNO6S. The molecule has 1 atom stereocenters. The first-order valence-electron chi connectivity index (χ1n) is 7.88. The molecule has 27 heavy (non-hydrogen) atoms. The van der Waals surface area contributed by atoms with Gasteiger partial charge in [0.2, 0.25) is 5.91 Å². The average Bonchev–Trinajstić information content (AvgIpc) is 2.65. The Labute approximate surface area is 155 Å². The van der Waals surface area contributed by atoms with Gasteiger partial charge in [-0.25, -0.2) is 17.6 Å². The van der Waals surface area contributed by atoms with E-state index in [9.17, 15) is 27.5 Å². The molecule has 2 N–H and O–H groups in total. The second-order valence-corrected chi connectivity index (χ2v) is 7.72. The van der Waals surface area contributed by atoms with E-state index in [4.69, 9.17) is 4.74 Å². The summed E-state index contributed by atoms with van der Waals surface area (Å²) < 4.78 is 43.0. The number of carboxylic acids is 1. The minimum absolute atomic E-state index is 0.0983. The van der Waals surface area contributed by atoms with Crippen LogP contribution in [0.25, 0.3) is 0 Å². The van der Waals surface area contributed by atoms with Crippen molar-refractivity contribution in [2.45, 2.75) is 17.4 Å². The van der Waals surface area contributed by atoms with Crippen molar-refractivity contribution in [3.8, 4) is 5.75 Å². The van der Waals surface area contributed by atoms with E-state index in [1.807, 2.05) is 0 Å². The number of carbonyl (C=O) groups is 2. The lowest BCUT2D eigenvalue weighted by molar-refractivity contribution is -0.142. The molecule has 9 heteroatoms. The van der Waals surface area contributed by atoms with Crippen molar-refractivity contribution in [2.24, 2.45) is 0 Å². The zero-order valence-corrected chi connectivity index (χ0v) is 15.2. The van der Waals surface area contributed by atoms with Crippen LogP contribution in [-0.2, 0) is 19.4 Å². The molecule has 1 amide bonds. The van der Waals surface area contributed by atoms with Crippen molar-refractivity contribution < 1.29 is 32.2 Å². The Morgan fingerprint density at radius 2 is 1.85 bits per heavy atom. The van der Waals surface area contributed by atoms with Crippen molar-refractivity contribution in [2.75, 3.05) is 12.9 Å². The van der Waals surface area contributed by atoms with Gasteiger partial charge in [-0.1, -0.05) is 30.3 Å². The quantitative estimate of drug-likeness (QED) is 0.707. The van der Waals surface area contributed by atoms with Crippen LogP contribution < -0.4 is 10.1 Å². The predicted molar refractivity (Wildman–Crippen MR) is 94.6 cm³/mol. The number of ether oxygens (including phenoxy) is 1. The fraction of sp³-hybridized carbons (Fsp3) is 0.222. The van der Waals surface area contributed by atoms with Gasteiger partial charge in [-0.15, -0.1) is 0 Å². The molecule has 2 aromatic carbocycles. The van der Waals surface area contributed by atoms with Crippen LogP contribution in [0, 0.1) is 5.82 Å². The molecule has 0 aliphatic carbocycles. The molecule has 0 heterocycles. The van der Waals surface area contributed by atoms with E-state index in [0.717, 1.165) is 6.07 Å². The molecule has 0 bridgehead atoms. The van der Waals surface area contributed by atoms with Crippen molar-refractivity contribution in [3.05, 3.63) is 59.9 Å². The second-order valence-electron chi connectivity index (χ2n) is 5.61. The zero-order valence-electron chi connectivity index (χ0n) is 14.4. The molecule has 0 fully saturated rings. The van der Waals surface area contributed by atoms with E-state index < -0.39 is 45.7 Å². The van der Waals surface area contributed by atoms with Gasteiger partial charge in [0.15, 0.2) is 27.4 Å². The van der Waals surface area contributed by atoms with Crippen LogP contribution in [0.2, 0.25) is 0 Å². The highest BCUT2D eigenvalue weighted by atomic mass is 32.2. The normalized spacial score (nSPS) is 12.2. The fourth-order valence-electron chi connectivity index (χ4n) is 2.35. The summed E-state index contributed by atoms with van der Waals surface area (Å²) in [5, 5.41) is 11.6. The van der Waals surface area contributed by atoms with E-state index in [0.29, 0.717) is 5.56 Å². The van der Waals surface area contributed by atoms with Crippen molar-refractivity contribution >= 4 is 21.7 Å². The van der Waals surface area contributed by atoms with Gasteiger partial charge >= 0.3 is 5.97 Å². The standard InChI is InChI=1S/C18H18FNO6S/c1-26-15-8-7-13(11-14(15)19)27(24,25)10-9-16(21)20-17(18(22)23)12-5-3-2-4-6-12/h2-8,11,17H,9-10H2,1H3,(H,20,21)(H,22,23). The summed E-state index contributed by atoms with van der Waals surface area (Å²) in [5.41, 5.74) is 0.360.